The molecule has 23 heavy (non-hydrogen) atoms. The highest BCUT2D eigenvalue weighted by molar-refractivity contribution is 7.91. The van der Waals surface area contributed by atoms with E-state index in [1.165, 1.54) is 0 Å². The Kier molecular flexibility index (Phi) is 6.68. The summed E-state index contributed by atoms with van der Waals surface area (Å²) in [5, 5.41) is 5.48. The predicted octanol–water partition coefficient (Wildman–Crippen LogP) is 0.513. The number of amides is 3. The number of carbonyl (C=O) groups excluding carboxylic acids is 2. The maximum Gasteiger partial charge on any atom is 0.314 e. The fourth-order valence-corrected chi connectivity index (χ4v) is 4.94. The summed E-state index contributed by atoms with van der Waals surface area (Å²) >= 11 is 0. The van der Waals surface area contributed by atoms with Crippen LogP contribution < -0.4 is 10.6 Å². The van der Waals surface area contributed by atoms with Gasteiger partial charge in [0, 0.05) is 32.6 Å². The molecule has 2 fully saturated rings. The average molecular weight is 345 g/mol. The first-order valence-electron chi connectivity index (χ1n) is 8.46. The number of hydrogen-bond acceptors (Lipinski definition) is 4. The summed E-state index contributed by atoms with van der Waals surface area (Å²) in [7, 11) is -2.89. The molecule has 132 valence electrons. The molecule has 0 radical (unpaired) electrons. The smallest absolute Gasteiger partial charge is 0.314 e. The van der Waals surface area contributed by atoms with Crippen molar-refractivity contribution in [2.75, 3.05) is 37.7 Å². The fraction of sp³-hybridized carbons (Fsp3) is 0.867. The first-order valence-corrected chi connectivity index (χ1v) is 10.3. The van der Waals surface area contributed by atoms with E-state index >= 15 is 0 Å². The van der Waals surface area contributed by atoms with E-state index in [4.69, 9.17) is 0 Å². The summed E-state index contributed by atoms with van der Waals surface area (Å²) in [6.07, 6.45) is 5.14. The number of rotatable bonds is 6. The molecule has 0 saturated carbocycles. The van der Waals surface area contributed by atoms with Gasteiger partial charge in [0.25, 0.3) is 0 Å². The van der Waals surface area contributed by atoms with Gasteiger partial charge < -0.3 is 15.5 Å². The molecular weight excluding hydrogens is 318 g/mol. The van der Waals surface area contributed by atoms with Crippen molar-refractivity contribution in [2.45, 2.75) is 38.5 Å². The Morgan fingerprint density at radius 3 is 2.78 bits per heavy atom. The molecule has 0 unspecified atom stereocenters. The van der Waals surface area contributed by atoms with Gasteiger partial charge >= 0.3 is 6.03 Å². The number of sulfone groups is 1. The second-order valence-electron chi connectivity index (χ2n) is 6.45. The van der Waals surface area contributed by atoms with Gasteiger partial charge in [-0.25, -0.2) is 13.2 Å². The highest BCUT2D eigenvalue weighted by atomic mass is 32.2. The van der Waals surface area contributed by atoms with Crippen LogP contribution in [0.2, 0.25) is 0 Å². The predicted molar refractivity (Wildman–Crippen MR) is 87.8 cm³/mol. The van der Waals surface area contributed by atoms with E-state index in [1.54, 1.807) is 0 Å². The number of nitrogens with one attached hydrogen (secondary N) is 2. The zero-order valence-electron chi connectivity index (χ0n) is 13.6. The topological polar surface area (TPSA) is 95.6 Å². The van der Waals surface area contributed by atoms with E-state index in [0.717, 1.165) is 32.2 Å². The van der Waals surface area contributed by atoms with E-state index in [-0.39, 0.29) is 29.4 Å². The van der Waals surface area contributed by atoms with E-state index in [1.807, 2.05) is 4.90 Å². The second kappa shape index (κ2) is 8.52. The van der Waals surface area contributed by atoms with Crippen molar-refractivity contribution in [2.24, 2.45) is 5.92 Å². The molecule has 0 spiro atoms. The van der Waals surface area contributed by atoms with Crippen LogP contribution in [-0.2, 0) is 14.6 Å². The normalized spacial score (nSPS) is 24.3. The lowest BCUT2D eigenvalue weighted by atomic mass is 10.1. The Morgan fingerprint density at radius 1 is 1.22 bits per heavy atom. The van der Waals surface area contributed by atoms with Gasteiger partial charge in [0.05, 0.1) is 11.5 Å². The molecule has 0 aromatic heterocycles. The second-order valence-corrected chi connectivity index (χ2v) is 8.68. The summed E-state index contributed by atoms with van der Waals surface area (Å²) in [4.78, 5) is 25.4. The lowest BCUT2D eigenvalue weighted by Crippen LogP contribution is -2.40. The van der Waals surface area contributed by atoms with E-state index in [9.17, 15) is 18.0 Å². The first kappa shape index (κ1) is 18.0. The zero-order valence-corrected chi connectivity index (χ0v) is 14.4. The minimum Gasteiger partial charge on any atom is -0.343 e. The van der Waals surface area contributed by atoms with Gasteiger partial charge in [-0.05, 0) is 31.6 Å². The first-order chi connectivity index (χ1) is 11.0. The molecule has 2 N–H and O–H groups in total. The molecule has 2 rings (SSSR count). The largest absolute Gasteiger partial charge is 0.343 e. The maximum absolute atomic E-state index is 11.8. The fourth-order valence-electron chi connectivity index (χ4n) is 3.08. The van der Waals surface area contributed by atoms with Crippen molar-refractivity contribution in [1.82, 2.24) is 15.5 Å². The summed E-state index contributed by atoms with van der Waals surface area (Å²) in [6, 6.07) is -0.267. The Balaban J connectivity index is 1.55. The molecule has 0 bridgehead atoms. The van der Waals surface area contributed by atoms with Crippen LogP contribution in [0.3, 0.4) is 0 Å². The van der Waals surface area contributed by atoms with Crippen LogP contribution >= 0.6 is 0 Å². The molecular formula is C15H27N3O4S. The van der Waals surface area contributed by atoms with Crippen LogP contribution in [0, 0.1) is 5.92 Å². The van der Waals surface area contributed by atoms with Gasteiger partial charge in [-0.15, -0.1) is 0 Å². The van der Waals surface area contributed by atoms with Crippen LogP contribution in [0.4, 0.5) is 4.79 Å². The van der Waals surface area contributed by atoms with Crippen LogP contribution in [-0.4, -0.2) is 62.9 Å². The van der Waals surface area contributed by atoms with E-state index in [0.29, 0.717) is 32.5 Å². The average Bonchev–Trinajstić information content (AvgIpc) is 2.72. The van der Waals surface area contributed by atoms with Crippen LogP contribution in [0.5, 0.6) is 0 Å². The Bertz CT molecular complexity index is 521. The van der Waals surface area contributed by atoms with Gasteiger partial charge in [0.2, 0.25) is 5.91 Å². The van der Waals surface area contributed by atoms with Crippen molar-refractivity contribution >= 4 is 21.8 Å². The van der Waals surface area contributed by atoms with Crippen LogP contribution in [0.1, 0.15) is 38.5 Å². The van der Waals surface area contributed by atoms with Gasteiger partial charge in [0.1, 0.15) is 0 Å². The highest BCUT2D eigenvalue weighted by Crippen LogP contribution is 2.17. The number of nitrogens with zero attached hydrogens (tertiary/aromatic N) is 1. The summed E-state index contributed by atoms with van der Waals surface area (Å²) in [6.45, 7) is 2.41. The van der Waals surface area contributed by atoms with Gasteiger partial charge in [-0.2, -0.15) is 0 Å². The number of carbonyl (C=O) groups is 2. The molecule has 2 heterocycles. The number of urea groups is 1. The third-order valence-electron chi connectivity index (χ3n) is 4.44. The van der Waals surface area contributed by atoms with Crippen molar-refractivity contribution in [3.8, 4) is 0 Å². The summed E-state index contributed by atoms with van der Waals surface area (Å²) < 4.78 is 22.7. The monoisotopic (exact) mass is 345 g/mol. The molecule has 0 aromatic carbocycles. The van der Waals surface area contributed by atoms with Crippen LogP contribution in [0.15, 0.2) is 0 Å². The minimum atomic E-state index is -2.89. The Hall–Kier alpha value is -1.31. The number of likely N-dealkylation sites (tertiary alicyclic amines) is 1. The van der Waals surface area contributed by atoms with E-state index in [2.05, 4.69) is 10.6 Å². The molecule has 7 nitrogen and oxygen atoms in total. The standard InChI is InChI=1S/C15H27N3O4S/c19-14-5-2-1-3-8-18(14)9-4-7-16-15(20)17-11-13-6-10-23(21,22)12-13/h13H,1-12H2,(H2,16,17,20)/t13-/m0/s1. The van der Waals surface area contributed by atoms with Gasteiger partial charge in [-0.3, -0.25) is 4.79 Å². The number of hydrogen-bond donors (Lipinski definition) is 2. The molecule has 2 aliphatic rings. The summed E-state index contributed by atoms with van der Waals surface area (Å²) in [5.41, 5.74) is 0. The molecule has 0 aliphatic carbocycles. The third kappa shape index (κ3) is 6.37. The van der Waals surface area contributed by atoms with Crippen molar-refractivity contribution < 1.29 is 18.0 Å². The van der Waals surface area contributed by atoms with E-state index < -0.39 is 9.84 Å². The summed E-state index contributed by atoms with van der Waals surface area (Å²) in [5.74, 6) is 0.643. The van der Waals surface area contributed by atoms with Crippen LogP contribution in [0.25, 0.3) is 0 Å². The lowest BCUT2D eigenvalue weighted by Gasteiger charge is -2.20. The minimum absolute atomic E-state index is 0.0282. The quantitative estimate of drug-likeness (QED) is 0.686. The third-order valence-corrected chi connectivity index (χ3v) is 6.28. The molecule has 1 atom stereocenters. The van der Waals surface area contributed by atoms with Crippen molar-refractivity contribution in [1.29, 1.82) is 0 Å². The lowest BCUT2D eigenvalue weighted by molar-refractivity contribution is -0.130. The molecule has 2 aliphatic heterocycles. The molecule has 3 amide bonds. The Labute approximate surface area is 138 Å². The molecule has 0 aromatic rings. The molecule has 8 heteroatoms. The Morgan fingerprint density at radius 2 is 2.04 bits per heavy atom. The van der Waals surface area contributed by atoms with Gasteiger partial charge in [-0.1, -0.05) is 6.42 Å². The maximum atomic E-state index is 11.8. The molecule has 2 saturated heterocycles. The zero-order chi connectivity index (χ0) is 16.7. The van der Waals surface area contributed by atoms with Crippen molar-refractivity contribution in [3.63, 3.8) is 0 Å². The highest BCUT2D eigenvalue weighted by Gasteiger charge is 2.27. The van der Waals surface area contributed by atoms with Crippen molar-refractivity contribution in [3.05, 3.63) is 0 Å². The SMILES string of the molecule is O=C(NCCCN1CCCCCC1=O)NC[C@@H]1CCS(=O)(=O)C1. The van der Waals surface area contributed by atoms with Gasteiger partial charge in [0.15, 0.2) is 9.84 Å².